The zero-order valence-corrected chi connectivity index (χ0v) is 6.02. The van der Waals surface area contributed by atoms with E-state index in [1.807, 2.05) is 0 Å². The van der Waals surface area contributed by atoms with Crippen LogP contribution in [0.2, 0.25) is 4.08 Å². The van der Waals surface area contributed by atoms with Crippen molar-refractivity contribution >= 4 is 24.0 Å². The molecule has 0 aromatic heterocycles. The number of rotatable bonds is 2. The van der Waals surface area contributed by atoms with Crippen LogP contribution in [0.15, 0.2) is 12.7 Å². The molecule has 0 rings (SSSR count). The van der Waals surface area contributed by atoms with Crippen LogP contribution in [-0.4, -0.2) is 27.2 Å². The second-order valence-electron chi connectivity index (χ2n) is 0.584. The molecule has 0 spiro atoms. The normalized spacial score (nSPS) is 7.40. The molecule has 1 N–H and O–H groups in total. The summed E-state index contributed by atoms with van der Waals surface area (Å²) in [5, 5.41) is 0. The van der Waals surface area contributed by atoms with Gasteiger partial charge in [-0.15, -0.1) is 0 Å². The van der Waals surface area contributed by atoms with Gasteiger partial charge in [0.2, 0.25) is 0 Å². The molecule has 0 fully saturated rings. The summed E-state index contributed by atoms with van der Waals surface area (Å²) in [6, 6.07) is 0. The summed E-state index contributed by atoms with van der Waals surface area (Å²) in [4.78, 5) is 0. The van der Waals surface area contributed by atoms with Crippen LogP contribution < -0.4 is 0 Å². The van der Waals surface area contributed by atoms with Gasteiger partial charge in [-0.05, 0) is 0 Å². The van der Waals surface area contributed by atoms with E-state index in [0.717, 1.165) is 4.08 Å². The molecule has 0 amide bonds. The molecule has 0 atom stereocenters. The molecule has 0 aliphatic heterocycles. The molecule has 0 saturated carbocycles. The predicted molar refractivity (Wildman–Crippen MR) is 23.0 cm³/mol. The van der Waals surface area contributed by atoms with Crippen molar-refractivity contribution < 1.29 is 3.14 Å². The van der Waals surface area contributed by atoms with E-state index in [9.17, 15) is 0 Å². The van der Waals surface area contributed by atoms with Gasteiger partial charge in [0.05, 0.1) is 0 Å². The molecule has 0 bridgehead atoms. The van der Waals surface area contributed by atoms with Crippen LogP contribution in [0.4, 0.5) is 0 Å². The van der Waals surface area contributed by atoms with E-state index < -0.39 is 24.0 Å². The van der Waals surface area contributed by atoms with Crippen molar-refractivity contribution in [2.75, 3.05) is 0 Å². The van der Waals surface area contributed by atoms with E-state index in [-0.39, 0.29) is 0 Å². The van der Waals surface area contributed by atoms with E-state index in [1.54, 1.807) is 6.08 Å². The van der Waals surface area contributed by atoms with Crippen LogP contribution >= 0.6 is 0 Å². The summed E-state index contributed by atoms with van der Waals surface area (Å²) in [5.74, 6) is 0. The van der Waals surface area contributed by atoms with Crippen LogP contribution in [0.5, 0.6) is 0 Å². The Kier molecular flexibility index (Phi) is 5.14. The molecule has 0 aromatic rings. The molecule has 0 aliphatic carbocycles. The maximum absolute atomic E-state index is 8.16. The minimum atomic E-state index is -0.890. The maximum atomic E-state index is 8.16. The molecule has 5 heavy (non-hydrogen) atoms. The molecule has 0 aromatic carbocycles. The quantitative estimate of drug-likeness (QED) is 0.709. The van der Waals surface area contributed by atoms with Gasteiger partial charge in [-0.25, -0.2) is 0 Å². The zero-order chi connectivity index (χ0) is 4.12. The minimum absolute atomic E-state index is 0.875. The first-order valence-electron chi connectivity index (χ1n) is 1.29. The molecule has 0 radical (unpaired) electrons. The molecular weight excluding hydrogens is 261 g/mol. The standard InChI is InChI=1S/C3H5.H2O.Po/c1-3-2;;/h3H,1-2H2;1H2;/q;;+1/p-1. The second-order valence-corrected chi connectivity index (χ2v) is 2.88. The van der Waals surface area contributed by atoms with Gasteiger partial charge in [-0.1, -0.05) is 0 Å². The predicted octanol–water partition coefficient (Wildman–Crippen LogP) is 0.202. The molecule has 30 valence electrons. The molecule has 0 heterocycles. The molecule has 0 aliphatic rings. The number of allylic oxidation sites excluding steroid dienone is 1. The first-order valence-corrected chi connectivity index (χ1v) is 4.95. The third kappa shape index (κ3) is 4.60. The SMILES string of the molecule is C=C[CH2][Po][OH]. The van der Waals surface area contributed by atoms with Crippen LogP contribution in [0.25, 0.3) is 0 Å². The van der Waals surface area contributed by atoms with Crippen molar-refractivity contribution in [3.63, 3.8) is 0 Å². The van der Waals surface area contributed by atoms with Gasteiger partial charge >= 0.3 is 43.9 Å². The molecular formula is C3H6OPo. The van der Waals surface area contributed by atoms with Gasteiger partial charge in [0.15, 0.2) is 0 Å². The zero-order valence-electron chi connectivity index (χ0n) is 2.85. The fraction of sp³-hybridized carbons (Fsp3) is 0.333. The van der Waals surface area contributed by atoms with Gasteiger partial charge in [-0.2, -0.15) is 0 Å². The Bertz CT molecular complexity index is 28.1. The van der Waals surface area contributed by atoms with Crippen LogP contribution in [0, 0.1) is 0 Å². The van der Waals surface area contributed by atoms with E-state index in [0.29, 0.717) is 0 Å². The summed E-state index contributed by atoms with van der Waals surface area (Å²) in [6.45, 7) is 3.43. The van der Waals surface area contributed by atoms with Crippen LogP contribution in [0.1, 0.15) is 0 Å². The third-order valence-electron chi connectivity index (χ3n) is 0.192. The Labute approximate surface area is 44.1 Å². The van der Waals surface area contributed by atoms with Gasteiger partial charge in [-0.3, -0.25) is 0 Å². The Morgan fingerprint density at radius 2 is 2.60 bits per heavy atom. The van der Waals surface area contributed by atoms with Crippen molar-refractivity contribution in [2.24, 2.45) is 0 Å². The van der Waals surface area contributed by atoms with Gasteiger partial charge < -0.3 is 0 Å². The topological polar surface area (TPSA) is 20.2 Å². The third-order valence-corrected chi connectivity index (χ3v) is 1.69. The monoisotopic (exact) mass is 267 g/mol. The van der Waals surface area contributed by atoms with E-state index in [1.165, 1.54) is 0 Å². The van der Waals surface area contributed by atoms with E-state index in [4.69, 9.17) is 3.14 Å². The van der Waals surface area contributed by atoms with E-state index >= 15 is 0 Å². The molecule has 0 unspecified atom stereocenters. The molecule has 2 heteroatoms. The van der Waals surface area contributed by atoms with Crippen LogP contribution in [-0.2, 0) is 0 Å². The first-order chi connectivity index (χ1) is 2.41. The Balaban J connectivity index is 2.40. The van der Waals surface area contributed by atoms with Crippen LogP contribution in [0.3, 0.4) is 0 Å². The van der Waals surface area contributed by atoms with Crippen molar-refractivity contribution in [1.82, 2.24) is 0 Å². The first kappa shape index (κ1) is 5.60. The van der Waals surface area contributed by atoms with Gasteiger partial charge in [0, 0.05) is 0 Å². The Morgan fingerprint density at radius 3 is 2.60 bits per heavy atom. The van der Waals surface area contributed by atoms with Gasteiger partial charge in [0.1, 0.15) is 0 Å². The van der Waals surface area contributed by atoms with Crippen molar-refractivity contribution in [3.05, 3.63) is 12.7 Å². The average molecular weight is 267 g/mol. The molecule has 0 saturated heterocycles. The second kappa shape index (κ2) is 4.60. The Morgan fingerprint density at radius 1 is 2.00 bits per heavy atom. The summed E-state index contributed by atoms with van der Waals surface area (Å²) >= 11 is -0.890. The van der Waals surface area contributed by atoms with Crippen molar-refractivity contribution in [3.8, 4) is 0 Å². The summed E-state index contributed by atoms with van der Waals surface area (Å²) < 4.78 is 9.04. The summed E-state index contributed by atoms with van der Waals surface area (Å²) in [5.41, 5.74) is 0. The summed E-state index contributed by atoms with van der Waals surface area (Å²) in [7, 11) is 0. The van der Waals surface area contributed by atoms with Crippen molar-refractivity contribution in [1.29, 1.82) is 0 Å². The Hall–Kier alpha value is 0.596. The van der Waals surface area contributed by atoms with Gasteiger partial charge in [0.25, 0.3) is 0 Å². The average Bonchev–Trinajstić information content (AvgIpc) is 1.41. The van der Waals surface area contributed by atoms with E-state index in [2.05, 4.69) is 6.58 Å². The van der Waals surface area contributed by atoms with Crippen molar-refractivity contribution in [2.45, 2.75) is 4.08 Å². The fourth-order valence-corrected chi connectivity index (χ4v) is 0.462. The fourth-order valence-electron chi connectivity index (χ4n) is 0.0527. The summed E-state index contributed by atoms with van der Waals surface area (Å²) in [6.07, 6.45) is 1.75. The molecule has 1 nitrogen and oxygen atoms in total. The number of hydrogen-bond donors (Lipinski definition) is 1. The number of hydrogen-bond acceptors (Lipinski definition) is 1.